The molecule has 1 aromatic rings. The van der Waals surface area contributed by atoms with Crippen LogP contribution in [0, 0.1) is 5.41 Å². The minimum Gasteiger partial charge on any atom is -0.478 e. The molecule has 3 N–H and O–H groups in total. The van der Waals surface area contributed by atoms with Crippen LogP contribution in [-0.4, -0.2) is 39.0 Å². The lowest BCUT2D eigenvalue weighted by Gasteiger charge is -2.28. The van der Waals surface area contributed by atoms with Gasteiger partial charge in [0.25, 0.3) is 0 Å². The molecular formula is C21H24N4O4S. The lowest BCUT2D eigenvalue weighted by atomic mass is 9.77. The molecular weight excluding hydrogens is 404 g/mol. The summed E-state index contributed by atoms with van der Waals surface area (Å²) in [4.78, 5) is 35.3. The van der Waals surface area contributed by atoms with E-state index in [9.17, 15) is 14.4 Å². The van der Waals surface area contributed by atoms with Crippen molar-refractivity contribution in [3.8, 4) is 0 Å². The van der Waals surface area contributed by atoms with Gasteiger partial charge >= 0.3 is 5.97 Å². The van der Waals surface area contributed by atoms with Gasteiger partial charge in [-0.25, -0.2) is 4.79 Å². The third-order valence-electron chi connectivity index (χ3n) is 4.66. The smallest absolute Gasteiger partial charge is 0.335 e. The zero-order valence-electron chi connectivity index (χ0n) is 17.1. The van der Waals surface area contributed by atoms with Crippen LogP contribution in [0.4, 0.5) is 5.69 Å². The molecule has 3 rings (SSSR count). The van der Waals surface area contributed by atoms with E-state index in [0.717, 1.165) is 18.6 Å². The van der Waals surface area contributed by atoms with Gasteiger partial charge in [0.2, 0.25) is 11.8 Å². The highest BCUT2D eigenvalue weighted by molar-refractivity contribution is 8.15. The van der Waals surface area contributed by atoms with Gasteiger partial charge in [0, 0.05) is 12.1 Å². The Bertz CT molecular complexity index is 964. The molecule has 0 spiro atoms. The summed E-state index contributed by atoms with van der Waals surface area (Å²) < 4.78 is 0. The van der Waals surface area contributed by atoms with E-state index < -0.39 is 11.2 Å². The van der Waals surface area contributed by atoms with Crippen LogP contribution in [-0.2, 0) is 9.59 Å². The minimum atomic E-state index is -1.04. The molecule has 0 saturated carbocycles. The van der Waals surface area contributed by atoms with Crippen LogP contribution in [0.3, 0.4) is 0 Å². The number of carboxylic acids is 1. The fraction of sp³-hybridized carbons (Fsp3) is 0.381. The second kappa shape index (κ2) is 8.83. The second-order valence-corrected chi connectivity index (χ2v) is 9.43. The topological polar surface area (TPSA) is 120 Å². The Morgan fingerprint density at radius 3 is 2.57 bits per heavy atom. The fourth-order valence-electron chi connectivity index (χ4n) is 3.53. The number of allylic oxidation sites excluding steroid dienone is 2. The Morgan fingerprint density at radius 1 is 1.23 bits per heavy atom. The number of hydrogen-bond acceptors (Lipinski definition) is 6. The van der Waals surface area contributed by atoms with Crippen molar-refractivity contribution in [3.63, 3.8) is 0 Å². The van der Waals surface area contributed by atoms with Crippen LogP contribution in [0.2, 0.25) is 0 Å². The van der Waals surface area contributed by atoms with Gasteiger partial charge < -0.3 is 15.7 Å². The first kappa shape index (κ1) is 21.8. The minimum absolute atomic E-state index is 0.0290. The number of carbonyl (C=O) groups is 3. The first-order chi connectivity index (χ1) is 14.1. The van der Waals surface area contributed by atoms with Crippen molar-refractivity contribution in [2.24, 2.45) is 15.6 Å². The van der Waals surface area contributed by atoms with Crippen molar-refractivity contribution in [1.29, 1.82) is 0 Å². The Labute approximate surface area is 178 Å². The van der Waals surface area contributed by atoms with Crippen LogP contribution < -0.4 is 10.6 Å². The number of aromatic carboxylic acids is 1. The number of anilines is 1. The molecule has 1 fully saturated rings. The highest BCUT2D eigenvalue weighted by atomic mass is 32.2. The van der Waals surface area contributed by atoms with Gasteiger partial charge in [-0.1, -0.05) is 31.2 Å². The molecule has 1 saturated heterocycles. The normalized spacial score (nSPS) is 23.2. The average Bonchev–Trinajstić information content (AvgIpc) is 2.98. The molecule has 0 unspecified atom stereocenters. The van der Waals surface area contributed by atoms with E-state index >= 15 is 0 Å². The quantitative estimate of drug-likeness (QED) is 0.621. The van der Waals surface area contributed by atoms with Crippen LogP contribution >= 0.6 is 11.8 Å². The van der Waals surface area contributed by atoms with Gasteiger partial charge in [-0.3, -0.25) is 9.59 Å². The number of thioether (sulfide) groups is 1. The fourth-order valence-corrected chi connectivity index (χ4v) is 4.45. The predicted molar refractivity (Wildman–Crippen MR) is 118 cm³/mol. The number of benzene rings is 1. The summed E-state index contributed by atoms with van der Waals surface area (Å²) in [5.41, 5.74) is 2.85. The third-order valence-corrected chi connectivity index (χ3v) is 5.73. The van der Waals surface area contributed by atoms with E-state index in [1.165, 1.54) is 41.6 Å². The van der Waals surface area contributed by atoms with Gasteiger partial charge in [-0.05, 0) is 55.5 Å². The van der Waals surface area contributed by atoms with Crippen molar-refractivity contribution < 1.29 is 19.5 Å². The Hall–Kier alpha value is -2.94. The molecule has 8 nitrogen and oxygen atoms in total. The maximum absolute atomic E-state index is 12.3. The van der Waals surface area contributed by atoms with Crippen molar-refractivity contribution in [2.75, 3.05) is 5.32 Å². The molecule has 1 atom stereocenters. The van der Waals surface area contributed by atoms with Crippen LogP contribution in [0.1, 0.15) is 50.4 Å². The van der Waals surface area contributed by atoms with Crippen LogP contribution in [0.25, 0.3) is 0 Å². The molecule has 1 aliphatic heterocycles. The summed E-state index contributed by atoms with van der Waals surface area (Å²) >= 11 is 1.18. The number of nitrogens with zero attached hydrogens (tertiary/aromatic N) is 2. The molecule has 1 aliphatic carbocycles. The molecule has 0 radical (unpaired) electrons. The number of nitrogens with one attached hydrogen (secondary N) is 2. The number of carboxylic acid groups (broad SMARTS) is 1. The molecule has 30 heavy (non-hydrogen) atoms. The summed E-state index contributed by atoms with van der Waals surface area (Å²) in [7, 11) is 0. The number of rotatable bonds is 5. The van der Waals surface area contributed by atoms with E-state index in [1.54, 1.807) is 0 Å². The van der Waals surface area contributed by atoms with Crippen molar-refractivity contribution in [2.45, 2.75) is 45.3 Å². The SMILES string of the molecule is CC1=C/C(=N/N=C2\NC(=O)[C@H](CC(=O)Nc3ccc(C(=O)O)cc3)S2)CC(C)(C)C1. The second-order valence-electron chi connectivity index (χ2n) is 8.24. The predicted octanol–water partition coefficient (Wildman–Crippen LogP) is 3.42. The standard InChI is InChI=1S/C21H24N4O4S/c1-12-8-15(11-21(2,3)10-12)24-25-20-23-18(27)16(30-20)9-17(26)22-14-6-4-13(5-7-14)19(28)29/h4-8,16H,9-11H2,1-3H3,(H,22,26)(H,28,29)(H,23,25,27)/b24-15-/t16-/m0/s1. The average molecular weight is 429 g/mol. The molecule has 2 amide bonds. The number of amides is 2. The molecule has 0 bridgehead atoms. The highest BCUT2D eigenvalue weighted by Gasteiger charge is 2.32. The zero-order valence-corrected chi connectivity index (χ0v) is 17.9. The number of carbonyl (C=O) groups excluding carboxylic acids is 2. The van der Waals surface area contributed by atoms with Crippen molar-refractivity contribution in [3.05, 3.63) is 41.5 Å². The summed E-state index contributed by atoms with van der Waals surface area (Å²) in [5, 5.41) is 22.5. The molecule has 0 aromatic heterocycles. The number of amidine groups is 1. The van der Waals surface area contributed by atoms with Gasteiger partial charge in [0.1, 0.15) is 5.25 Å². The summed E-state index contributed by atoms with van der Waals surface area (Å²) in [6, 6.07) is 5.82. The summed E-state index contributed by atoms with van der Waals surface area (Å²) in [6.45, 7) is 6.43. The van der Waals surface area contributed by atoms with E-state index in [0.29, 0.717) is 10.9 Å². The van der Waals surface area contributed by atoms with Crippen molar-refractivity contribution in [1.82, 2.24) is 5.32 Å². The molecule has 158 valence electrons. The Kier molecular flexibility index (Phi) is 6.40. The largest absolute Gasteiger partial charge is 0.478 e. The molecule has 1 heterocycles. The van der Waals surface area contributed by atoms with E-state index in [4.69, 9.17) is 5.11 Å². The van der Waals surface area contributed by atoms with E-state index in [-0.39, 0.29) is 29.2 Å². The van der Waals surface area contributed by atoms with Gasteiger partial charge in [0.15, 0.2) is 5.17 Å². The van der Waals surface area contributed by atoms with Crippen LogP contribution in [0.5, 0.6) is 0 Å². The molecule has 1 aromatic carbocycles. The highest BCUT2D eigenvalue weighted by Crippen LogP contribution is 2.34. The van der Waals surface area contributed by atoms with E-state index in [1.807, 2.05) is 6.08 Å². The van der Waals surface area contributed by atoms with Gasteiger partial charge in [-0.15, -0.1) is 5.10 Å². The zero-order chi connectivity index (χ0) is 21.9. The van der Waals surface area contributed by atoms with Crippen molar-refractivity contribution >= 4 is 46.1 Å². The maximum atomic E-state index is 12.3. The lowest BCUT2D eigenvalue weighted by Crippen LogP contribution is -2.28. The van der Waals surface area contributed by atoms with Gasteiger partial charge in [0.05, 0.1) is 11.3 Å². The van der Waals surface area contributed by atoms with Crippen LogP contribution in [0.15, 0.2) is 46.1 Å². The molecule has 2 aliphatic rings. The first-order valence-electron chi connectivity index (χ1n) is 9.54. The Balaban J connectivity index is 1.58. The summed E-state index contributed by atoms with van der Waals surface area (Å²) in [6.07, 6.45) is 3.83. The monoisotopic (exact) mass is 428 g/mol. The first-order valence-corrected chi connectivity index (χ1v) is 10.4. The lowest BCUT2D eigenvalue weighted by molar-refractivity contribution is -0.122. The summed E-state index contributed by atoms with van der Waals surface area (Å²) in [5.74, 6) is -1.67. The third kappa shape index (κ3) is 5.79. The van der Waals surface area contributed by atoms with E-state index in [2.05, 4.69) is 41.6 Å². The number of hydrogen-bond donors (Lipinski definition) is 3. The van der Waals surface area contributed by atoms with Gasteiger partial charge in [-0.2, -0.15) is 5.10 Å². The molecule has 9 heteroatoms. The Morgan fingerprint density at radius 2 is 1.93 bits per heavy atom. The maximum Gasteiger partial charge on any atom is 0.335 e.